The molecule has 1 saturated heterocycles. The molecule has 9 heteroatoms. The number of thioether (sulfide) groups is 1. The average molecular weight is 474 g/mol. The highest BCUT2D eigenvalue weighted by Gasteiger charge is 2.35. The number of benzene rings is 2. The first-order valence-electron chi connectivity index (χ1n) is 10.8. The summed E-state index contributed by atoms with van der Waals surface area (Å²) in [5.74, 6) is -0.499. The molecule has 2 aromatic carbocycles. The quantitative estimate of drug-likeness (QED) is 0.682. The normalized spacial score (nSPS) is 23.8. The Bertz CT molecular complexity index is 1110. The van der Waals surface area contributed by atoms with E-state index in [9.17, 15) is 18.0 Å². The predicted octanol–water partition coefficient (Wildman–Crippen LogP) is 4.08. The number of hydrogen-bond acceptors (Lipinski definition) is 5. The number of hydrogen-bond donors (Lipinski definition) is 2. The van der Waals surface area contributed by atoms with Crippen LogP contribution in [0.2, 0.25) is 0 Å². The lowest BCUT2D eigenvalue weighted by Crippen LogP contribution is -2.47. The molecule has 0 aliphatic carbocycles. The minimum absolute atomic E-state index is 0.0215. The number of carbonyl (C=O) groups excluding carboxylic acids is 2. The zero-order chi connectivity index (χ0) is 22.9. The summed E-state index contributed by atoms with van der Waals surface area (Å²) >= 11 is 1.37. The fourth-order valence-corrected chi connectivity index (χ4v) is 7.30. The number of nitrogens with zero attached hydrogens (tertiary/aromatic N) is 1. The molecule has 0 saturated carbocycles. The van der Waals surface area contributed by atoms with Gasteiger partial charge in [-0.15, -0.1) is 11.8 Å². The Morgan fingerprint density at radius 3 is 2.44 bits per heavy atom. The molecule has 0 bridgehead atoms. The second kappa shape index (κ2) is 9.25. The lowest BCUT2D eigenvalue weighted by molar-refractivity contribution is -0.120. The van der Waals surface area contributed by atoms with Gasteiger partial charge in [-0.25, -0.2) is 8.42 Å². The summed E-state index contributed by atoms with van der Waals surface area (Å²) in [6.07, 6.45) is 2.76. The third-order valence-corrected chi connectivity index (χ3v) is 9.32. The van der Waals surface area contributed by atoms with Gasteiger partial charge in [0.2, 0.25) is 21.8 Å². The van der Waals surface area contributed by atoms with Crippen molar-refractivity contribution in [2.45, 2.75) is 66.7 Å². The summed E-state index contributed by atoms with van der Waals surface area (Å²) in [6.45, 7) is 3.89. The largest absolute Gasteiger partial charge is 0.326 e. The number of sulfonamides is 1. The van der Waals surface area contributed by atoms with Crippen LogP contribution in [0.1, 0.15) is 39.5 Å². The molecule has 2 amide bonds. The molecule has 0 aromatic heterocycles. The molecule has 2 aliphatic rings. The van der Waals surface area contributed by atoms with E-state index in [2.05, 4.69) is 10.6 Å². The molecule has 2 aliphatic heterocycles. The van der Waals surface area contributed by atoms with Crippen LogP contribution in [0.25, 0.3) is 0 Å². The topological polar surface area (TPSA) is 95.6 Å². The summed E-state index contributed by atoms with van der Waals surface area (Å²) in [5, 5.41) is 5.08. The fourth-order valence-electron chi connectivity index (χ4n) is 4.31. The lowest BCUT2D eigenvalue weighted by Gasteiger charge is -2.37. The Kier molecular flexibility index (Phi) is 6.60. The van der Waals surface area contributed by atoms with E-state index in [0.29, 0.717) is 5.69 Å². The number of anilines is 2. The number of nitrogens with one attached hydrogen (secondary N) is 2. The number of fused-ring (bicyclic) bond motifs is 1. The smallest absolute Gasteiger partial charge is 0.243 e. The number of piperidine rings is 1. The number of amides is 2. The minimum atomic E-state index is -3.60. The van der Waals surface area contributed by atoms with Crippen LogP contribution in [0.5, 0.6) is 0 Å². The summed E-state index contributed by atoms with van der Waals surface area (Å²) in [7, 11) is -3.60. The van der Waals surface area contributed by atoms with E-state index in [-0.39, 0.29) is 35.2 Å². The number of rotatable bonds is 5. The molecule has 3 atom stereocenters. The number of carbonyl (C=O) groups is 2. The van der Waals surface area contributed by atoms with E-state index in [0.717, 1.165) is 29.8 Å². The number of para-hydroxylation sites is 1. The summed E-state index contributed by atoms with van der Waals surface area (Å²) in [6, 6.07) is 13.6. The maximum absolute atomic E-state index is 13.1. The SMILES string of the molecule is CC1CCCC(C)N1S(=O)(=O)c1ccc(NC(=O)CC2Sc3ccccc3NC2=O)cc1. The molecule has 3 unspecified atom stereocenters. The average Bonchev–Trinajstić information content (AvgIpc) is 2.74. The van der Waals surface area contributed by atoms with Crippen molar-refractivity contribution in [3.63, 3.8) is 0 Å². The third kappa shape index (κ3) is 4.69. The van der Waals surface area contributed by atoms with E-state index in [4.69, 9.17) is 0 Å². The Labute approximate surface area is 193 Å². The van der Waals surface area contributed by atoms with Gasteiger partial charge in [0.25, 0.3) is 0 Å². The van der Waals surface area contributed by atoms with Crippen LogP contribution in [0.15, 0.2) is 58.3 Å². The highest BCUT2D eigenvalue weighted by Crippen LogP contribution is 2.36. The van der Waals surface area contributed by atoms with Gasteiger partial charge in [0.05, 0.1) is 15.8 Å². The van der Waals surface area contributed by atoms with Crippen LogP contribution in [-0.2, 0) is 19.6 Å². The van der Waals surface area contributed by atoms with Gasteiger partial charge in [-0.2, -0.15) is 4.31 Å². The van der Waals surface area contributed by atoms with Crippen molar-refractivity contribution in [2.24, 2.45) is 0 Å². The summed E-state index contributed by atoms with van der Waals surface area (Å²) < 4.78 is 27.9. The highest BCUT2D eigenvalue weighted by atomic mass is 32.2. The van der Waals surface area contributed by atoms with Crippen LogP contribution in [0, 0.1) is 0 Å². The van der Waals surface area contributed by atoms with Gasteiger partial charge in [-0.05, 0) is 63.1 Å². The first-order valence-corrected chi connectivity index (χ1v) is 13.1. The van der Waals surface area contributed by atoms with Crippen LogP contribution in [-0.4, -0.2) is 41.9 Å². The Hall–Kier alpha value is -2.36. The lowest BCUT2D eigenvalue weighted by atomic mass is 10.0. The van der Waals surface area contributed by atoms with E-state index >= 15 is 0 Å². The van der Waals surface area contributed by atoms with Gasteiger partial charge < -0.3 is 10.6 Å². The second-order valence-electron chi connectivity index (χ2n) is 8.33. The minimum Gasteiger partial charge on any atom is -0.326 e. The first kappa shape index (κ1) is 22.8. The van der Waals surface area contributed by atoms with Gasteiger partial charge in [0.1, 0.15) is 0 Å². The molecule has 4 rings (SSSR count). The maximum atomic E-state index is 13.1. The van der Waals surface area contributed by atoms with Crippen molar-refractivity contribution in [3.05, 3.63) is 48.5 Å². The van der Waals surface area contributed by atoms with Crippen LogP contribution >= 0.6 is 11.8 Å². The Morgan fingerprint density at radius 2 is 1.75 bits per heavy atom. The van der Waals surface area contributed by atoms with Crippen molar-refractivity contribution in [1.29, 1.82) is 0 Å². The van der Waals surface area contributed by atoms with Gasteiger partial charge in [-0.3, -0.25) is 9.59 Å². The zero-order valence-electron chi connectivity index (χ0n) is 18.1. The van der Waals surface area contributed by atoms with Crippen molar-refractivity contribution >= 4 is 45.0 Å². The monoisotopic (exact) mass is 473 g/mol. The third-order valence-electron chi connectivity index (χ3n) is 5.90. The van der Waals surface area contributed by atoms with E-state index in [1.54, 1.807) is 16.4 Å². The van der Waals surface area contributed by atoms with E-state index in [1.165, 1.54) is 23.9 Å². The molecule has 7 nitrogen and oxygen atoms in total. The van der Waals surface area contributed by atoms with Crippen molar-refractivity contribution in [3.8, 4) is 0 Å². The molecule has 2 aromatic rings. The molecule has 2 heterocycles. The van der Waals surface area contributed by atoms with Gasteiger partial charge >= 0.3 is 0 Å². The van der Waals surface area contributed by atoms with Gasteiger partial charge in [0.15, 0.2) is 0 Å². The van der Waals surface area contributed by atoms with Crippen LogP contribution < -0.4 is 10.6 Å². The molecule has 32 heavy (non-hydrogen) atoms. The van der Waals surface area contributed by atoms with Crippen molar-refractivity contribution in [2.75, 3.05) is 10.6 Å². The van der Waals surface area contributed by atoms with Crippen LogP contribution in [0.4, 0.5) is 11.4 Å². The van der Waals surface area contributed by atoms with E-state index in [1.807, 2.05) is 38.1 Å². The van der Waals surface area contributed by atoms with Gasteiger partial charge in [0, 0.05) is 29.1 Å². The van der Waals surface area contributed by atoms with E-state index < -0.39 is 15.3 Å². The highest BCUT2D eigenvalue weighted by molar-refractivity contribution is 8.01. The molecule has 0 radical (unpaired) electrons. The van der Waals surface area contributed by atoms with Gasteiger partial charge in [-0.1, -0.05) is 18.6 Å². The molecular formula is C23H27N3O4S2. The Balaban J connectivity index is 1.40. The molecular weight excluding hydrogens is 446 g/mol. The zero-order valence-corrected chi connectivity index (χ0v) is 19.7. The predicted molar refractivity (Wildman–Crippen MR) is 126 cm³/mol. The fraction of sp³-hybridized carbons (Fsp3) is 0.391. The standard InChI is InChI=1S/C23H27N3O4S2/c1-15-6-5-7-16(2)26(15)32(29,30)18-12-10-17(11-13-18)24-22(27)14-21-23(28)25-19-8-3-4-9-20(19)31-21/h3-4,8-13,15-16,21H,5-7,14H2,1-2H3,(H,24,27)(H,25,28). The van der Waals surface area contributed by atoms with Crippen molar-refractivity contribution < 1.29 is 18.0 Å². The van der Waals surface area contributed by atoms with Crippen LogP contribution in [0.3, 0.4) is 0 Å². The molecule has 1 fully saturated rings. The second-order valence-corrected chi connectivity index (χ2v) is 11.4. The van der Waals surface area contributed by atoms with Crippen molar-refractivity contribution in [1.82, 2.24) is 4.31 Å². The molecule has 170 valence electrons. The summed E-state index contributed by atoms with van der Waals surface area (Å²) in [4.78, 5) is 26.0. The maximum Gasteiger partial charge on any atom is 0.243 e. The molecule has 2 N–H and O–H groups in total. The first-order chi connectivity index (χ1) is 15.3. The molecule has 0 spiro atoms. The summed E-state index contributed by atoms with van der Waals surface area (Å²) in [5.41, 5.74) is 1.25. The Morgan fingerprint density at radius 1 is 1.09 bits per heavy atom.